The third-order valence-electron chi connectivity index (χ3n) is 6.00. The maximum Gasteiger partial charge on any atom is 0.352 e. The predicted molar refractivity (Wildman–Crippen MR) is 91.1 cm³/mol. The summed E-state index contributed by atoms with van der Waals surface area (Å²) in [6.45, 7) is 4.03. The van der Waals surface area contributed by atoms with Gasteiger partial charge < -0.3 is 24.5 Å². The van der Waals surface area contributed by atoms with Crippen LogP contribution in [0.15, 0.2) is 0 Å². The Morgan fingerprint density at radius 3 is 2.56 bits per heavy atom. The fourth-order valence-electron chi connectivity index (χ4n) is 4.55. The molecule has 25 heavy (non-hydrogen) atoms. The number of fused-ring (bicyclic) bond motifs is 1. The molecule has 3 atom stereocenters. The number of aromatic amines is 1. The standard InChI is InChI=1S/C18H26N2O5/c1-10-14(11(2)19-15(10)17(22)23)16(21)20-8-7-18(25-4)6-5-12(24-3)9-13(18)20/h12-13,19H,5-9H2,1-4H3,(H,22,23)/t12-,13+,18-/m1/s1. The number of aromatic nitrogens is 1. The van der Waals surface area contributed by atoms with E-state index in [1.165, 1.54) is 0 Å². The van der Waals surface area contributed by atoms with Crippen molar-refractivity contribution in [3.05, 3.63) is 22.5 Å². The molecule has 0 unspecified atom stereocenters. The number of hydrogen-bond donors (Lipinski definition) is 2. The number of carboxylic acids is 1. The van der Waals surface area contributed by atoms with Gasteiger partial charge in [-0.3, -0.25) is 4.79 Å². The number of ether oxygens (including phenoxy) is 2. The molecular weight excluding hydrogens is 324 g/mol. The number of rotatable bonds is 4. The fraction of sp³-hybridized carbons (Fsp3) is 0.667. The van der Waals surface area contributed by atoms with Crippen LogP contribution in [0.5, 0.6) is 0 Å². The number of amides is 1. The lowest BCUT2D eigenvalue weighted by Gasteiger charge is -2.43. The van der Waals surface area contributed by atoms with Crippen LogP contribution in [0, 0.1) is 13.8 Å². The van der Waals surface area contributed by atoms with E-state index in [9.17, 15) is 14.7 Å². The molecule has 0 spiro atoms. The van der Waals surface area contributed by atoms with Crippen LogP contribution in [0.2, 0.25) is 0 Å². The number of methoxy groups -OCH3 is 2. The van der Waals surface area contributed by atoms with Crippen molar-refractivity contribution in [2.75, 3.05) is 20.8 Å². The number of nitrogens with one attached hydrogen (secondary N) is 1. The van der Waals surface area contributed by atoms with E-state index in [-0.39, 0.29) is 29.3 Å². The maximum absolute atomic E-state index is 13.2. The highest BCUT2D eigenvalue weighted by molar-refractivity contribution is 6.01. The molecule has 1 aliphatic heterocycles. The minimum Gasteiger partial charge on any atom is -0.477 e. The third kappa shape index (κ3) is 2.75. The monoisotopic (exact) mass is 350 g/mol. The van der Waals surface area contributed by atoms with Crippen molar-refractivity contribution in [1.29, 1.82) is 0 Å². The first kappa shape index (κ1) is 17.9. The number of nitrogens with zero attached hydrogens (tertiary/aromatic N) is 1. The van der Waals surface area contributed by atoms with E-state index in [4.69, 9.17) is 9.47 Å². The Morgan fingerprint density at radius 2 is 2.00 bits per heavy atom. The number of hydrogen-bond acceptors (Lipinski definition) is 4. The Hall–Kier alpha value is -1.86. The van der Waals surface area contributed by atoms with Gasteiger partial charge in [-0.15, -0.1) is 0 Å². The van der Waals surface area contributed by atoms with Crippen molar-refractivity contribution in [2.45, 2.75) is 57.3 Å². The molecule has 0 bridgehead atoms. The molecule has 1 aromatic heterocycles. The quantitative estimate of drug-likeness (QED) is 0.868. The largest absolute Gasteiger partial charge is 0.477 e. The third-order valence-corrected chi connectivity index (χ3v) is 6.00. The van der Waals surface area contributed by atoms with Crippen LogP contribution in [0.4, 0.5) is 0 Å². The van der Waals surface area contributed by atoms with Crippen molar-refractivity contribution in [1.82, 2.24) is 9.88 Å². The summed E-state index contributed by atoms with van der Waals surface area (Å²) >= 11 is 0. The predicted octanol–water partition coefficient (Wildman–Crippen LogP) is 2.13. The van der Waals surface area contributed by atoms with E-state index in [0.29, 0.717) is 23.4 Å². The molecule has 1 aromatic rings. The first-order chi connectivity index (χ1) is 11.8. The molecule has 1 saturated carbocycles. The van der Waals surface area contributed by atoms with E-state index < -0.39 is 5.97 Å². The van der Waals surface area contributed by atoms with Crippen LogP contribution in [-0.2, 0) is 9.47 Å². The van der Waals surface area contributed by atoms with Crippen molar-refractivity contribution in [3.63, 3.8) is 0 Å². The molecule has 3 rings (SSSR count). The highest BCUT2D eigenvalue weighted by Crippen LogP contribution is 2.43. The van der Waals surface area contributed by atoms with Gasteiger partial charge >= 0.3 is 5.97 Å². The van der Waals surface area contributed by atoms with Crippen molar-refractivity contribution < 1.29 is 24.2 Å². The number of carbonyl (C=O) groups excluding carboxylic acids is 1. The number of carboxylic acid groups (broad SMARTS) is 1. The van der Waals surface area contributed by atoms with Crippen molar-refractivity contribution in [2.24, 2.45) is 0 Å². The number of H-pyrrole nitrogens is 1. The maximum atomic E-state index is 13.2. The molecular formula is C18H26N2O5. The zero-order valence-electron chi connectivity index (χ0n) is 15.2. The van der Waals surface area contributed by atoms with Crippen LogP contribution in [-0.4, -0.2) is 65.4 Å². The first-order valence-corrected chi connectivity index (χ1v) is 8.66. The van der Waals surface area contributed by atoms with Gasteiger partial charge in [0, 0.05) is 26.5 Å². The van der Waals surface area contributed by atoms with Crippen LogP contribution < -0.4 is 0 Å². The zero-order chi connectivity index (χ0) is 18.4. The van der Waals surface area contributed by atoms with Crippen LogP contribution >= 0.6 is 0 Å². The van der Waals surface area contributed by atoms with Crippen molar-refractivity contribution in [3.8, 4) is 0 Å². The second kappa shape index (κ2) is 6.46. The highest BCUT2D eigenvalue weighted by atomic mass is 16.5. The molecule has 0 radical (unpaired) electrons. The smallest absolute Gasteiger partial charge is 0.352 e. The molecule has 2 heterocycles. The summed E-state index contributed by atoms with van der Waals surface area (Å²) in [5, 5.41) is 9.29. The van der Waals surface area contributed by atoms with Gasteiger partial charge in [0.15, 0.2) is 0 Å². The summed E-state index contributed by atoms with van der Waals surface area (Å²) in [7, 11) is 3.41. The average molecular weight is 350 g/mol. The molecule has 1 amide bonds. The second-order valence-corrected chi connectivity index (χ2v) is 7.10. The van der Waals surface area contributed by atoms with Gasteiger partial charge in [-0.1, -0.05) is 0 Å². The molecule has 7 nitrogen and oxygen atoms in total. The normalized spacial score (nSPS) is 28.9. The number of aryl methyl sites for hydroxylation is 1. The van der Waals surface area contributed by atoms with Crippen LogP contribution in [0.1, 0.15) is 57.8 Å². The SMILES string of the molecule is CO[C@@H]1CC[C@@]2(OC)CCN(C(=O)c3c(C)[nH]c(C(=O)O)c3C)[C@H]2C1. The van der Waals surface area contributed by atoms with Crippen LogP contribution in [0.3, 0.4) is 0 Å². The van der Waals surface area contributed by atoms with E-state index >= 15 is 0 Å². The summed E-state index contributed by atoms with van der Waals surface area (Å²) < 4.78 is 11.4. The summed E-state index contributed by atoms with van der Waals surface area (Å²) in [6.07, 6.45) is 3.44. The lowest BCUT2D eigenvalue weighted by atomic mass is 9.79. The second-order valence-electron chi connectivity index (χ2n) is 7.10. The van der Waals surface area contributed by atoms with Gasteiger partial charge in [0.05, 0.1) is 23.3 Å². The molecule has 1 saturated heterocycles. The Kier molecular flexibility index (Phi) is 4.64. The topological polar surface area (TPSA) is 91.9 Å². The van der Waals surface area contributed by atoms with Crippen LogP contribution in [0.25, 0.3) is 0 Å². The molecule has 0 aromatic carbocycles. The van der Waals surface area contributed by atoms with E-state index in [1.54, 1.807) is 28.1 Å². The van der Waals surface area contributed by atoms with E-state index in [1.807, 2.05) is 4.90 Å². The number of aromatic carboxylic acids is 1. The van der Waals surface area contributed by atoms with E-state index in [2.05, 4.69) is 4.98 Å². The molecule has 2 fully saturated rings. The Balaban J connectivity index is 1.94. The summed E-state index contributed by atoms with van der Waals surface area (Å²) in [6, 6.07) is -0.0503. The fourth-order valence-corrected chi connectivity index (χ4v) is 4.55. The molecule has 138 valence electrons. The van der Waals surface area contributed by atoms with Crippen molar-refractivity contribution >= 4 is 11.9 Å². The minimum atomic E-state index is -1.05. The summed E-state index contributed by atoms with van der Waals surface area (Å²) in [5.74, 6) is -1.18. The first-order valence-electron chi connectivity index (χ1n) is 8.66. The molecule has 7 heteroatoms. The zero-order valence-corrected chi connectivity index (χ0v) is 15.2. The van der Waals surface area contributed by atoms with E-state index in [0.717, 1.165) is 25.7 Å². The van der Waals surface area contributed by atoms with Gasteiger partial charge in [-0.2, -0.15) is 0 Å². The molecule has 2 N–H and O–H groups in total. The van der Waals surface area contributed by atoms with Gasteiger partial charge in [0.25, 0.3) is 5.91 Å². The molecule has 2 aliphatic rings. The lowest BCUT2D eigenvalue weighted by molar-refractivity contribution is -0.0893. The summed E-state index contributed by atoms with van der Waals surface area (Å²) in [5.41, 5.74) is 1.30. The molecule has 1 aliphatic carbocycles. The minimum absolute atomic E-state index is 0.0503. The van der Waals surface area contributed by atoms with Gasteiger partial charge in [-0.25, -0.2) is 4.79 Å². The number of likely N-dealkylation sites (tertiary alicyclic amines) is 1. The Bertz CT molecular complexity index is 698. The van der Waals surface area contributed by atoms with Gasteiger partial charge in [0.1, 0.15) is 5.69 Å². The number of carbonyl (C=O) groups is 2. The average Bonchev–Trinajstić information content (AvgIpc) is 3.11. The van der Waals surface area contributed by atoms with Gasteiger partial charge in [0.2, 0.25) is 0 Å². The summed E-state index contributed by atoms with van der Waals surface area (Å²) in [4.78, 5) is 29.3. The highest BCUT2D eigenvalue weighted by Gasteiger charge is 2.53. The Morgan fingerprint density at radius 1 is 1.28 bits per heavy atom. The van der Waals surface area contributed by atoms with Gasteiger partial charge in [-0.05, 0) is 45.1 Å². The Labute approximate surface area is 147 Å². The lowest BCUT2D eigenvalue weighted by Crippen LogP contribution is -2.53.